The Kier molecular flexibility index (Phi) is 5.14. The maximum absolute atomic E-state index is 12.7. The molecule has 1 amide bonds. The van der Waals surface area contributed by atoms with Crippen molar-refractivity contribution in [1.29, 1.82) is 0 Å². The number of nitrogens with one attached hydrogen (secondary N) is 1. The third-order valence-corrected chi connectivity index (χ3v) is 4.80. The predicted octanol–water partition coefficient (Wildman–Crippen LogP) is 3.71. The van der Waals surface area contributed by atoms with Crippen LogP contribution in [0.5, 0.6) is 0 Å². The molecule has 1 N–H and O–H groups in total. The van der Waals surface area contributed by atoms with Gasteiger partial charge in [-0.2, -0.15) is 0 Å². The standard InChI is InChI=1S/C18H21BrN4O/c1-12-10-15(19)5-6-16(12)22-17(24)14-4-3-9-23(11-14)18-20-8-7-13(2)21-18/h5-8,10,14H,3-4,9,11H2,1-2H3,(H,22,24)/t14-/m0/s1. The number of anilines is 2. The van der Waals surface area contributed by atoms with Crippen LogP contribution in [0.2, 0.25) is 0 Å². The molecule has 0 spiro atoms. The van der Waals surface area contributed by atoms with Gasteiger partial charge in [0, 0.05) is 35.1 Å². The first-order valence-electron chi connectivity index (χ1n) is 8.14. The van der Waals surface area contributed by atoms with Gasteiger partial charge in [0.25, 0.3) is 0 Å². The number of aryl methyl sites for hydroxylation is 2. The van der Waals surface area contributed by atoms with Crippen molar-refractivity contribution < 1.29 is 4.79 Å². The molecule has 1 atom stereocenters. The molecule has 2 aromatic rings. The van der Waals surface area contributed by atoms with E-state index >= 15 is 0 Å². The summed E-state index contributed by atoms with van der Waals surface area (Å²) in [5, 5.41) is 3.06. The van der Waals surface area contributed by atoms with Crippen LogP contribution in [0.25, 0.3) is 0 Å². The molecule has 5 nitrogen and oxygen atoms in total. The molecule has 0 bridgehead atoms. The van der Waals surface area contributed by atoms with Gasteiger partial charge in [0.05, 0.1) is 5.92 Å². The number of rotatable bonds is 3. The number of nitrogens with zero attached hydrogens (tertiary/aromatic N) is 3. The maximum Gasteiger partial charge on any atom is 0.229 e. The lowest BCUT2D eigenvalue weighted by Crippen LogP contribution is -2.41. The lowest BCUT2D eigenvalue weighted by molar-refractivity contribution is -0.120. The third kappa shape index (κ3) is 3.93. The van der Waals surface area contributed by atoms with Crippen LogP contribution in [0, 0.1) is 19.8 Å². The normalized spacial score (nSPS) is 17.6. The zero-order chi connectivity index (χ0) is 17.1. The molecule has 0 saturated carbocycles. The Morgan fingerprint density at radius 1 is 1.33 bits per heavy atom. The maximum atomic E-state index is 12.7. The minimum Gasteiger partial charge on any atom is -0.340 e. The first-order valence-corrected chi connectivity index (χ1v) is 8.94. The van der Waals surface area contributed by atoms with Crippen LogP contribution in [0.3, 0.4) is 0 Å². The van der Waals surface area contributed by atoms with Crippen molar-refractivity contribution in [1.82, 2.24) is 9.97 Å². The topological polar surface area (TPSA) is 58.1 Å². The summed E-state index contributed by atoms with van der Waals surface area (Å²) in [5.41, 5.74) is 2.86. The van der Waals surface area contributed by atoms with E-state index in [2.05, 4.69) is 36.1 Å². The Labute approximate surface area is 150 Å². The van der Waals surface area contributed by atoms with E-state index in [0.29, 0.717) is 12.5 Å². The molecule has 1 fully saturated rings. The number of carbonyl (C=O) groups is 1. The summed E-state index contributed by atoms with van der Waals surface area (Å²) in [6.45, 7) is 5.50. The van der Waals surface area contributed by atoms with Crippen LogP contribution < -0.4 is 10.2 Å². The van der Waals surface area contributed by atoms with E-state index in [1.807, 2.05) is 38.1 Å². The molecule has 126 valence electrons. The molecule has 3 rings (SSSR count). The van der Waals surface area contributed by atoms with Crippen molar-refractivity contribution in [3.63, 3.8) is 0 Å². The number of hydrogen-bond acceptors (Lipinski definition) is 4. The highest BCUT2D eigenvalue weighted by Crippen LogP contribution is 2.24. The van der Waals surface area contributed by atoms with Crippen molar-refractivity contribution >= 4 is 33.5 Å². The zero-order valence-electron chi connectivity index (χ0n) is 13.9. The summed E-state index contributed by atoms with van der Waals surface area (Å²) in [5.74, 6) is 0.732. The molecular weight excluding hydrogens is 368 g/mol. The minimum atomic E-state index is -0.0501. The highest BCUT2D eigenvalue weighted by Gasteiger charge is 2.27. The number of benzene rings is 1. The Bertz CT molecular complexity index is 750. The van der Waals surface area contributed by atoms with Gasteiger partial charge in [-0.3, -0.25) is 4.79 Å². The highest BCUT2D eigenvalue weighted by atomic mass is 79.9. The number of hydrogen-bond donors (Lipinski definition) is 1. The van der Waals surface area contributed by atoms with Gasteiger partial charge >= 0.3 is 0 Å². The molecule has 2 heterocycles. The molecule has 0 aliphatic carbocycles. The molecule has 1 aliphatic rings. The lowest BCUT2D eigenvalue weighted by atomic mass is 9.97. The summed E-state index contributed by atoms with van der Waals surface area (Å²) < 4.78 is 1.01. The molecular formula is C18H21BrN4O. The Balaban J connectivity index is 1.69. The lowest BCUT2D eigenvalue weighted by Gasteiger charge is -2.32. The molecule has 1 aromatic carbocycles. The quantitative estimate of drug-likeness (QED) is 0.870. The Morgan fingerprint density at radius 3 is 2.92 bits per heavy atom. The molecule has 1 saturated heterocycles. The fraction of sp³-hybridized carbons (Fsp3) is 0.389. The number of halogens is 1. The van der Waals surface area contributed by atoms with Crippen LogP contribution in [0.1, 0.15) is 24.1 Å². The molecule has 1 aliphatic heterocycles. The number of amides is 1. The summed E-state index contributed by atoms with van der Waals surface area (Å²) >= 11 is 3.45. The number of carbonyl (C=O) groups excluding carboxylic acids is 1. The van der Waals surface area contributed by atoms with E-state index in [0.717, 1.165) is 40.8 Å². The molecule has 1 aromatic heterocycles. The van der Waals surface area contributed by atoms with Gasteiger partial charge < -0.3 is 10.2 Å². The van der Waals surface area contributed by atoms with Gasteiger partial charge in [-0.05, 0) is 56.5 Å². The fourth-order valence-corrected chi connectivity index (χ4v) is 3.44. The first-order chi connectivity index (χ1) is 11.5. The number of piperidine rings is 1. The smallest absolute Gasteiger partial charge is 0.229 e. The van der Waals surface area contributed by atoms with Crippen LogP contribution in [-0.2, 0) is 4.79 Å². The van der Waals surface area contributed by atoms with Crippen LogP contribution in [0.15, 0.2) is 34.9 Å². The average Bonchev–Trinajstić information content (AvgIpc) is 2.57. The van der Waals surface area contributed by atoms with Crippen LogP contribution in [0.4, 0.5) is 11.6 Å². The summed E-state index contributed by atoms with van der Waals surface area (Å²) in [7, 11) is 0. The second-order valence-corrected chi connectivity index (χ2v) is 7.15. The SMILES string of the molecule is Cc1ccnc(N2CCC[C@H](C(=O)Nc3ccc(Br)cc3C)C2)n1. The largest absolute Gasteiger partial charge is 0.340 e. The second-order valence-electron chi connectivity index (χ2n) is 6.23. The molecule has 24 heavy (non-hydrogen) atoms. The zero-order valence-corrected chi connectivity index (χ0v) is 15.5. The van der Waals surface area contributed by atoms with E-state index in [-0.39, 0.29) is 11.8 Å². The molecule has 6 heteroatoms. The van der Waals surface area contributed by atoms with Crippen molar-refractivity contribution in [3.05, 3.63) is 46.2 Å². The van der Waals surface area contributed by atoms with Crippen molar-refractivity contribution in [2.45, 2.75) is 26.7 Å². The van der Waals surface area contributed by atoms with Crippen LogP contribution >= 0.6 is 15.9 Å². The van der Waals surface area contributed by atoms with Gasteiger partial charge in [-0.15, -0.1) is 0 Å². The molecule has 0 unspecified atom stereocenters. The summed E-state index contributed by atoms with van der Waals surface area (Å²) in [6, 6.07) is 7.76. The minimum absolute atomic E-state index is 0.0501. The second kappa shape index (κ2) is 7.30. The summed E-state index contributed by atoms with van der Waals surface area (Å²) in [6.07, 6.45) is 3.63. The van der Waals surface area contributed by atoms with Crippen molar-refractivity contribution in [3.8, 4) is 0 Å². The summed E-state index contributed by atoms with van der Waals surface area (Å²) in [4.78, 5) is 23.6. The van der Waals surface area contributed by atoms with E-state index in [1.165, 1.54) is 0 Å². The van der Waals surface area contributed by atoms with E-state index in [1.54, 1.807) is 6.20 Å². The Hall–Kier alpha value is -1.95. The monoisotopic (exact) mass is 388 g/mol. The molecule has 0 radical (unpaired) electrons. The third-order valence-electron chi connectivity index (χ3n) is 4.30. The fourth-order valence-electron chi connectivity index (χ4n) is 2.96. The van der Waals surface area contributed by atoms with E-state index in [9.17, 15) is 4.79 Å². The van der Waals surface area contributed by atoms with E-state index < -0.39 is 0 Å². The van der Waals surface area contributed by atoms with E-state index in [4.69, 9.17) is 0 Å². The Morgan fingerprint density at radius 2 is 2.17 bits per heavy atom. The van der Waals surface area contributed by atoms with Gasteiger partial charge in [-0.1, -0.05) is 15.9 Å². The van der Waals surface area contributed by atoms with Gasteiger partial charge in [0.1, 0.15) is 0 Å². The van der Waals surface area contributed by atoms with Crippen LogP contribution in [-0.4, -0.2) is 29.0 Å². The highest BCUT2D eigenvalue weighted by molar-refractivity contribution is 9.10. The van der Waals surface area contributed by atoms with Crippen molar-refractivity contribution in [2.24, 2.45) is 5.92 Å². The van der Waals surface area contributed by atoms with Gasteiger partial charge in [0.15, 0.2) is 0 Å². The first kappa shape index (κ1) is 16.9. The number of aromatic nitrogens is 2. The van der Waals surface area contributed by atoms with Gasteiger partial charge in [0.2, 0.25) is 11.9 Å². The predicted molar refractivity (Wildman–Crippen MR) is 99.2 cm³/mol. The average molecular weight is 389 g/mol. The van der Waals surface area contributed by atoms with Crippen molar-refractivity contribution in [2.75, 3.05) is 23.3 Å². The van der Waals surface area contributed by atoms with Gasteiger partial charge in [-0.25, -0.2) is 9.97 Å².